The first-order valence-electron chi connectivity index (χ1n) is 11.8. The zero-order chi connectivity index (χ0) is 23.7. The molecule has 1 N–H and O–H groups in total. The predicted octanol–water partition coefficient (Wildman–Crippen LogP) is 3.84. The van der Waals surface area contributed by atoms with Gasteiger partial charge in [0.05, 0.1) is 16.8 Å². The number of carbonyl (C=O) groups excluding carboxylic acids is 2. The minimum absolute atomic E-state index is 0.0258. The number of thiophene rings is 1. The minimum atomic E-state index is -0.231. The summed E-state index contributed by atoms with van der Waals surface area (Å²) in [7, 11) is 0. The van der Waals surface area contributed by atoms with Crippen LogP contribution < -0.4 is 5.32 Å². The topological polar surface area (TPSA) is 91.6 Å². The SMILES string of the molecule is Cc1noc(C)c1CN1CCN(C(=O)c2c(NC(=O)c3cccnc3)sc3c2CCCC3)CC1. The molecule has 2 aliphatic rings. The lowest BCUT2D eigenvalue weighted by Crippen LogP contribution is -2.48. The molecule has 0 bridgehead atoms. The van der Waals surface area contributed by atoms with Crippen molar-refractivity contribution in [2.75, 3.05) is 31.5 Å². The van der Waals surface area contributed by atoms with Crippen LogP contribution in [0, 0.1) is 13.8 Å². The summed E-state index contributed by atoms with van der Waals surface area (Å²) in [6.07, 6.45) is 7.24. The third kappa shape index (κ3) is 4.50. The van der Waals surface area contributed by atoms with Crippen molar-refractivity contribution in [1.82, 2.24) is 19.9 Å². The van der Waals surface area contributed by atoms with E-state index in [2.05, 4.69) is 20.4 Å². The van der Waals surface area contributed by atoms with E-state index in [4.69, 9.17) is 4.52 Å². The first-order chi connectivity index (χ1) is 16.5. The lowest BCUT2D eigenvalue weighted by atomic mass is 9.95. The van der Waals surface area contributed by atoms with E-state index in [0.29, 0.717) is 29.2 Å². The molecule has 34 heavy (non-hydrogen) atoms. The van der Waals surface area contributed by atoms with Crippen LogP contribution in [0.25, 0.3) is 0 Å². The highest BCUT2D eigenvalue weighted by atomic mass is 32.1. The Hall–Kier alpha value is -3.04. The molecule has 4 heterocycles. The average molecular weight is 480 g/mol. The van der Waals surface area contributed by atoms with Gasteiger partial charge in [0.25, 0.3) is 11.8 Å². The molecule has 0 saturated carbocycles. The Bertz CT molecular complexity index is 1180. The summed E-state index contributed by atoms with van der Waals surface area (Å²) in [6, 6.07) is 3.47. The number of nitrogens with zero attached hydrogens (tertiary/aromatic N) is 4. The van der Waals surface area contributed by atoms with Crippen molar-refractivity contribution in [1.29, 1.82) is 0 Å². The molecule has 2 amide bonds. The largest absolute Gasteiger partial charge is 0.361 e. The standard InChI is InChI=1S/C25H29N5O3S/c1-16-20(17(2)33-28-16)15-29-10-12-30(13-11-29)25(32)22-19-7-3-4-8-21(19)34-24(22)27-23(31)18-6-5-9-26-14-18/h5-6,9,14H,3-4,7-8,10-13,15H2,1-2H3,(H,27,31). The Balaban J connectivity index is 1.32. The van der Waals surface area contributed by atoms with Gasteiger partial charge < -0.3 is 14.7 Å². The average Bonchev–Trinajstić information content (AvgIpc) is 3.38. The fourth-order valence-corrected chi connectivity index (χ4v) is 6.05. The number of aryl methyl sites for hydroxylation is 3. The van der Waals surface area contributed by atoms with Gasteiger partial charge in [0, 0.05) is 55.6 Å². The van der Waals surface area contributed by atoms with Crippen molar-refractivity contribution in [2.24, 2.45) is 0 Å². The molecule has 1 aliphatic carbocycles. The molecular formula is C25H29N5O3S. The first-order valence-corrected chi connectivity index (χ1v) is 12.6. The summed E-state index contributed by atoms with van der Waals surface area (Å²) in [5, 5.41) is 7.74. The maximum Gasteiger partial charge on any atom is 0.257 e. The molecule has 8 nitrogen and oxygen atoms in total. The van der Waals surface area contributed by atoms with Crippen molar-refractivity contribution in [2.45, 2.75) is 46.1 Å². The number of carbonyl (C=O) groups is 2. The molecule has 0 radical (unpaired) electrons. The van der Waals surface area contributed by atoms with Gasteiger partial charge in [-0.15, -0.1) is 11.3 Å². The quantitative estimate of drug-likeness (QED) is 0.598. The van der Waals surface area contributed by atoms with E-state index in [1.165, 1.54) is 4.88 Å². The van der Waals surface area contributed by atoms with Gasteiger partial charge in [-0.05, 0) is 57.2 Å². The lowest BCUT2D eigenvalue weighted by Gasteiger charge is -2.35. The van der Waals surface area contributed by atoms with Gasteiger partial charge >= 0.3 is 0 Å². The van der Waals surface area contributed by atoms with Gasteiger partial charge in [-0.25, -0.2) is 0 Å². The molecule has 0 spiro atoms. The predicted molar refractivity (Wildman–Crippen MR) is 130 cm³/mol. The number of pyridine rings is 1. The van der Waals surface area contributed by atoms with Crippen molar-refractivity contribution in [3.63, 3.8) is 0 Å². The normalized spacial score (nSPS) is 16.4. The highest BCUT2D eigenvalue weighted by Crippen LogP contribution is 2.39. The van der Waals surface area contributed by atoms with Crippen LogP contribution in [0.1, 0.15) is 61.0 Å². The Morgan fingerprint density at radius 1 is 1.15 bits per heavy atom. The van der Waals surface area contributed by atoms with E-state index < -0.39 is 0 Å². The number of anilines is 1. The molecular weight excluding hydrogens is 450 g/mol. The summed E-state index contributed by atoms with van der Waals surface area (Å²) in [5.41, 5.74) is 4.36. The zero-order valence-electron chi connectivity index (χ0n) is 19.6. The highest BCUT2D eigenvalue weighted by molar-refractivity contribution is 7.17. The van der Waals surface area contributed by atoms with E-state index in [9.17, 15) is 9.59 Å². The summed E-state index contributed by atoms with van der Waals surface area (Å²) in [4.78, 5) is 36.1. The molecule has 1 saturated heterocycles. The van der Waals surface area contributed by atoms with Gasteiger partial charge in [0.1, 0.15) is 10.8 Å². The Kier molecular flexibility index (Phi) is 6.47. The number of aromatic nitrogens is 2. The number of hydrogen-bond acceptors (Lipinski definition) is 7. The van der Waals surface area contributed by atoms with Crippen LogP contribution in [0.5, 0.6) is 0 Å². The molecule has 0 atom stereocenters. The third-order valence-electron chi connectivity index (χ3n) is 6.76. The van der Waals surface area contributed by atoms with Gasteiger partial charge in [-0.1, -0.05) is 5.16 Å². The number of piperazine rings is 1. The van der Waals surface area contributed by atoms with Crippen LogP contribution in [0.3, 0.4) is 0 Å². The maximum atomic E-state index is 13.7. The van der Waals surface area contributed by atoms with E-state index in [1.54, 1.807) is 35.9 Å². The Morgan fingerprint density at radius 2 is 1.94 bits per heavy atom. The zero-order valence-corrected chi connectivity index (χ0v) is 20.4. The maximum absolute atomic E-state index is 13.7. The second-order valence-corrected chi connectivity index (χ2v) is 10.1. The molecule has 9 heteroatoms. The number of nitrogens with one attached hydrogen (secondary N) is 1. The van der Waals surface area contributed by atoms with Crippen LogP contribution in [0.2, 0.25) is 0 Å². The molecule has 178 valence electrons. The molecule has 3 aromatic rings. The minimum Gasteiger partial charge on any atom is -0.361 e. The summed E-state index contributed by atoms with van der Waals surface area (Å²) in [5.74, 6) is 0.651. The summed E-state index contributed by atoms with van der Waals surface area (Å²) in [6.45, 7) is 7.58. The summed E-state index contributed by atoms with van der Waals surface area (Å²) < 4.78 is 5.30. The first kappa shape index (κ1) is 22.7. The van der Waals surface area contributed by atoms with Crippen LogP contribution in [-0.4, -0.2) is 57.9 Å². The molecule has 1 aliphatic heterocycles. The monoisotopic (exact) mass is 479 g/mol. The molecule has 0 unspecified atom stereocenters. The number of rotatable bonds is 5. The van der Waals surface area contributed by atoms with Crippen LogP contribution >= 0.6 is 11.3 Å². The van der Waals surface area contributed by atoms with Gasteiger partial charge in [-0.3, -0.25) is 19.5 Å². The molecule has 5 rings (SSSR count). The Morgan fingerprint density at radius 3 is 2.65 bits per heavy atom. The fraction of sp³-hybridized carbons (Fsp3) is 0.440. The van der Waals surface area contributed by atoms with Gasteiger partial charge in [0.2, 0.25) is 0 Å². The van der Waals surface area contributed by atoms with Crippen LogP contribution in [-0.2, 0) is 19.4 Å². The second-order valence-electron chi connectivity index (χ2n) is 8.98. The highest BCUT2D eigenvalue weighted by Gasteiger charge is 2.31. The van der Waals surface area contributed by atoms with Crippen molar-refractivity contribution in [3.05, 3.63) is 63.1 Å². The Labute approximate surface area is 202 Å². The van der Waals surface area contributed by atoms with Crippen LogP contribution in [0.4, 0.5) is 5.00 Å². The molecule has 1 fully saturated rings. The van der Waals surface area contributed by atoms with Gasteiger partial charge in [0.15, 0.2) is 0 Å². The van der Waals surface area contributed by atoms with Crippen molar-refractivity contribution >= 4 is 28.2 Å². The lowest BCUT2D eigenvalue weighted by molar-refractivity contribution is 0.0627. The number of fused-ring (bicyclic) bond motifs is 1. The van der Waals surface area contributed by atoms with Crippen molar-refractivity contribution in [3.8, 4) is 0 Å². The molecule has 3 aromatic heterocycles. The third-order valence-corrected chi connectivity index (χ3v) is 7.97. The van der Waals surface area contributed by atoms with E-state index in [1.807, 2.05) is 18.7 Å². The smallest absolute Gasteiger partial charge is 0.257 e. The fourth-order valence-electron chi connectivity index (χ4n) is 4.77. The van der Waals surface area contributed by atoms with Gasteiger partial charge in [-0.2, -0.15) is 0 Å². The van der Waals surface area contributed by atoms with Crippen LogP contribution in [0.15, 0.2) is 29.0 Å². The summed E-state index contributed by atoms with van der Waals surface area (Å²) >= 11 is 1.56. The van der Waals surface area contributed by atoms with E-state index >= 15 is 0 Å². The van der Waals surface area contributed by atoms with E-state index in [0.717, 1.165) is 67.9 Å². The van der Waals surface area contributed by atoms with Crippen molar-refractivity contribution < 1.29 is 14.1 Å². The number of hydrogen-bond donors (Lipinski definition) is 1. The molecule has 0 aromatic carbocycles. The van der Waals surface area contributed by atoms with E-state index in [-0.39, 0.29) is 11.8 Å². The number of amides is 2. The second kappa shape index (κ2) is 9.68.